The molecule has 1 aliphatic heterocycles. The van der Waals surface area contributed by atoms with Crippen LogP contribution in [0.3, 0.4) is 0 Å². The van der Waals surface area contributed by atoms with Gasteiger partial charge in [-0.15, -0.1) is 11.8 Å². The van der Waals surface area contributed by atoms with Gasteiger partial charge in [-0.25, -0.2) is 4.98 Å². The molecule has 0 amide bonds. The van der Waals surface area contributed by atoms with Crippen molar-refractivity contribution in [2.45, 2.75) is 61.9 Å². The van der Waals surface area contributed by atoms with Crippen molar-refractivity contribution in [3.05, 3.63) is 130 Å². The predicted octanol–water partition coefficient (Wildman–Crippen LogP) is 9.24. The van der Waals surface area contributed by atoms with Gasteiger partial charge in [-0.3, -0.25) is 0 Å². The number of nitrogens with zero attached hydrogens (tertiary/aromatic N) is 1. The van der Waals surface area contributed by atoms with Crippen molar-refractivity contribution in [2.75, 3.05) is 19.5 Å². The molecule has 0 radical (unpaired) electrons. The van der Waals surface area contributed by atoms with Gasteiger partial charge in [0.1, 0.15) is 12.2 Å². The van der Waals surface area contributed by atoms with Gasteiger partial charge in [0.2, 0.25) is 5.88 Å². The highest BCUT2D eigenvalue weighted by molar-refractivity contribution is 7.99. The number of allylic oxidation sites excluding steroid dienone is 1. The minimum absolute atomic E-state index is 0.172. The zero-order valence-corrected chi connectivity index (χ0v) is 27.4. The van der Waals surface area contributed by atoms with E-state index < -0.39 is 5.79 Å². The second-order valence-electron chi connectivity index (χ2n) is 11.7. The summed E-state index contributed by atoms with van der Waals surface area (Å²) in [6.45, 7) is 2.28. The highest BCUT2D eigenvalue weighted by Gasteiger charge is 2.52. The van der Waals surface area contributed by atoms with Crippen LogP contribution < -0.4 is 4.74 Å². The number of ether oxygens (including phenoxy) is 3. The van der Waals surface area contributed by atoms with Crippen LogP contribution in [0.15, 0.2) is 102 Å². The Balaban J connectivity index is 1.33. The number of thioether (sulfide) groups is 1. The summed E-state index contributed by atoms with van der Waals surface area (Å²) in [5.41, 5.74) is 6.19. The zero-order valence-electron chi connectivity index (χ0n) is 25.8. The van der Waals surface area contributed by atoms with Gasteiger partial charge in [0.25, 0.3) is 0 Å². The SMILES string of the molecule is CCc1ccc(C(=C[C@H]2CCC3(C2)O[C@H](c2ccccc2)[C@@H](c2ccccc2)O3)c2ccc(SCCCO)c(Cl)c2)nc1OC. The van der Waals surface area contributed by atoms with Crippen LogP contribution in [0.25, 0.3) is 5.57 Å². The summed E-state index contributed by atoms with van der Waals surface area (Å²) in [4.78, 5) is 5.96. The predicted molar refractivity (Wildman–Crippen MR) is 182 cm³/mol. The molecule has 1 aromatic heterocycles. The van der Waals surface area contributed by atoms with Crippen LogP contribution in [0.2, 0.25) is 5.02 Å². The van der Waals surface area contributed by atoms with E-state index in [1.54, 1.807) is 18.9 Å². The topological polar surface area (TPSA) is 60.8 Å². The molecule has 2 aliphatic rings. The first-order chi connectivity index (χ1) is 22.0. The molecule has 4 aromatic rings. The normalized spacial score (nSPS) is 21.0. The molecule has 1 saturated heterocycles. The van der Waals surface area contributed by atoms with E-state index in [9.17, 15) is 5.11 Å². The van der Waals surface area contributed by atoms with Crippen molar-refractivity contribution >= 4 is 28.9 Å². The van der Waals surface area contributed by atoms with Crippen LogP contribution in [0.4, 0.5) is 0 Å². The lowest BCUT2D eigenvalue weighted by atomic mass is 9.95. The van der Waals surface area contributed by atoms with Crippen LogP contribution in [-0.4, -0.2) is 35.3 Å². The van der Waals surface area contributed by atoms with Crippen LogP contribution in [-0.2, 0) is 15.9 Å². The Morgan fingerprint density at radius 3 is 2.29 bits per heavy atom. The minimum Gasteiger partial charge on any atom is -0.481 e. The molecule has 6 rings (SSSR count). The third-order valence-electron chi connectivity index (χ3n) is 8.68. The van der Waals surface area contributed by atoms with Crippen molar-refractivity contribution in [3.63, 3.8) is 0 Å². The average Bonchev–Trinajstić information content (AvgIpc) is 3.67. The number of halogens is 1. The Hall–Kier alpha value is -3.13. The van der Waals surface area contributed by atoms with Gasteiger partial charge < -0.3 is 19.3 Å². The molecule has 1 saturated carbocycles. The van der Waals surface area contributed by atoms with Crippen LogP contribution in [0, 0.1) is 5.92 Å². The number of hydrogen-bond donors (Lipinski definition) is 1. The van der Waals surface area contributed by atoms with Gasteiger partial charge in [0.15, 0.2) is 5.79 Å². The number of aliphatic hydroxyl groups excluding tert-OH is 1. The smallest absolute Gasteiger partial charge is 0.216 e. The van der Waals surface area contributed by atoms with Crippen LogP contribution in [0.5, 0.6) is 5.88 Å². The van der Waals surface area contributed by atoms with Crippen molar-refractivity contribution in [1.29, 1.82) is 0 Å². The fourth-order valence-electron chi connectivity index (χ4n) is 6.41. The molecule has 2 fully saturated rings. The molecule has 0 unspecified atom stereocenters. The number of hydrogen-bond acceptors (Lipinski definition) is 6. The molecular formula is C38H40ClNO4S. The quantitative estimate of drug-likeness (QED) is 0.130. The summed E-state index contributed by atoms with van der Waals surface area (Å²) in [5.74, 6) is 0.995. The van der Waals surface area contributed by atoms with Gasteiger partial charge in [-0.1, -0.05) is 97.4 Å². The molecule has 1 N–H and O–H groups in total. The number of aromatic nitrogens is 1. The van der Waals surface area contributed by atoms with Gasteiger partial charge in [0.05, 0.1) is 17.8 Å². The Morgan fingerprint density at radius 2 is 1.69 bits per heavy atom. The molecule has 7 heteroatoms. The molecule has 3 atom stereocenters. The minimum atomic E-state index is -0.671. The van der Waals surface area contributed by atoms with Gasteiger partial charge in [-0.2, -0.15) is 0 Å². The number of benzene rings is 3. The van der Waals surface area contributed by atoms with E-state index in [1.165, 1.54) is 0 Å². The number of aryl methyl sites for hydroxylation is 1. The lowest BCUT2D eigenvalue weighted by molar-refractivity contribution is -0.171. The summed E-state index contributed by atoms with van der Waals surface area (Å²) in [6.07, 6.45) is 6.01. The summed E-state index contributed by atoms with van der Waals surface area (Å²) < 4.78 is 19.5. The van der Waals surface area contributed by atoms with Gasteiger partial charge in [0, 0.05) is 41.2 Å². The Labute approximate surface area is 275 Å². The van der Waals surface area contributed by atoms with E-state index in [0.717, 1.165) is 76.3 Å². The molecule has 1 aliphatic carbocycles. The first-order valence-electron chi connectivity index (χ1n) is 15.8. The van der Waals surface area contributed by atoms with E-state index >= 15 is 0 Å². The molecule has 3 aromatic carbocycles. The summed E-state index contributed by atoms with van der Waals surface area (Å²) in [6, 6.07) is 31.2. The largest absolute Gasteiger partial charge is 0.481 e. The number of pyridine rings is 1. The highest BCUT2D eigenvalue weighted by Crippen LogP contribution is 2.54. The standard InChI is InChI=1S/C38H40ClNO4S/c1-3-27-15-17-33(40-37(27)42-2)31(30-16-18-34(32(39)24-30)45-22-10-21-41)23-26-19-20-38(25-26)43-35(28-11-6-4-7-12-28)36(44-38)29-13-8-5-9-14-29/h4-9,11-18,23-24,26,35-36,41H,3,10,19-22,25H2,1-2H3/t26-,35-,36-/m1/s1. The fourth-order valence-corrected chi connectivity index (χ4v) is 7.61. The average molecular weight is 642 g/mol. The summed E-state index contributed by atoms with van der Waals surface area (Å²) in [5, 5.41) is 9.90. The number of methoxy groups -OCH3 is 1. The maximum Gasteiger partial charge on any atom is 0.216 e. The third-order valence-corrected chi connectivity index (χ3v) is 10.3. The zero-order chi connectivity index (χ0) is 31.2. The van der Waals surface area contributed by atoms with Crippen molar-refractivity contribution in [3.8, 4) is 5.88 Å². The van der Waals surface area contributed by atoms with Gasteiger partial charge >= 0.3 is 0 Å². The molecule has 5 nitrogen and oxygen atoms in total. The van der Waals surface area contributed by atoms with Crippen molar-refractivity contribution in [1.82, 2.24) is 4.98 Å². The van der Waals surface area contributed by atoms with E-state index in [0.29, 0.717) is 10.9 Å². The van der Waals surface area contributed by atoms with Crippen LogP contribution >= 0.6 is 23.4 Å². The first-order valence-corrected chi connectivity index (χ1v) is 17.1. The molecule has 45 heavy (non-hydrogen) atoms. The van der Waals surface area contributed by atoms with E-state index in [2.05, 4.69) is 85.8 Å². The highest BCUT2D eigenvalue weighted by atomic mass is 35.5. The lowest BCUT2D eigenvalue weighted by Gasteiger charge is -2.23. The Bertz CT molecular complexity index is 1570. The first kappa shape index (κ1) is 31.8. The third kappa shape index (κ3) is 7.16. The summed E-state index contributed by atoms with van der Waals surface area (Å²) in [7, 11) is 1.67. The monoisotopic (exact) mass is 641 g/mol. The Morgan fingerprint density at radius 1 is 1.00 bits per heavy atom. The number of aliphatic hydroxyl groups is 1. The van der Waals surface area contributed by atoms with Crippen LogP contribution in [0.1, 0.15) is 72.8 Å². The summed E-state index contributed by atoms with van der Waals surface area (Å²) >= 11 is 8.48. The van der Waals surface area contributed by atoms with Gasteiger partial charge in [-0.05, 0) is 60.1 Å². The van der Waals surface area contributed by atoms with E-state index in [4.69, 9.17) is 30.8 Å². The van der Waals surface area contributed by atoms with E-state index in [1.807, 2.05) is 18.2 Å². The maximum atomic E-state index is 9.20. The van der Waals surface area contributed by atoms with Crippen molar-refractivity contribution < 1.29 is 19.3 Å². The second-order valence-corrected chi connectivity index (χ2v) is 13.2. The fraction of sp³-hybridized carbons (Fsp3) is 0.342. The second kappa shape index (κ2) is 14.5. The van der Waals surface area contributed by atoms with Crippen molar-refractivity contribution in [2.24, 2.45) is 5.92 Å². The number of rotatable bonds is 11. The maximum absolute atomic E-state index is 9.20. The molecule has 234 valence electrons. The molecule has 0 bridgehead atoms. The molecule has 2 heterocycles. The molecular weight excluding hydrogens is 602 g/mol. The van der Waals surface area contributed by atoms with E-state index in [-0.39, 0.29) is 24.7 Å². The Kier molecular flexibility index (Phi) is 10.3. The lowest BCUT2D eigenvalue weighted by Crippen LogP contribution is -2.26. The molecule has 1 spiro atoms.